The van der Waals surface area contributed by atoms with Gasteiger partial charge in [-0.05, 0) is 54.7 Å². The van der Waals surface area contributed by atoms with E-state index < -0.39 is 0 Å². The normalized spacial score (nSPS) is 15.9. The molecular weight excluding hydrogens is 357 g/mol. The van der Waals surface area contributed by atoms with Crippen molar-refractivity contribution in [2.24, 2.45) is 5.92 Å². The van der Waals surface area contributed by atoms with Crippen LogP contribution in [0.3, 0.4) is 0 Å². The Balaban J connectivity index is 1.86. The predicted octanol–water partition coefficient (Wildman–Crippen LogP) is 6.32. The number of anilines is 1. The summed E-state index contributed by atoms with van der Waals surface area (Å²) in [6.07, 6.45) is 2.52. The van der Waals surface area contributed by atoms with Gasteiger partial charge in [0.15, 0.2) is 0 Å². The lowest BCUT2D eigenvalue weighted by atomic mass is 10.0. The van der Waals surface area contributed by atoms with Crippen molar-refractivity contribution in [3.63, 3.8) is 0 Å². The largest absolute Gasteiger partial charge is 0.377 e. The van der Waals surface area contributed by atoms with Gasteiger partial charge in [0, 0.05) is 9.50 Å². The fourth-order valence-electron chi connectivity index (χ4n) is 2.35. The molecule has 1 unspecified atom stereocenters. The van der Waals surface area contributed by atoms with Crippen LogP contribution in [0.5, 0.6) is 0 Å². The Kier molecular flexibility index (Phi) is 4.25. The summed E-state index contributed by atoms with van der Waals surface area (Å²) in [7, 11) is 0. The molecule has 0 aliphatic heterocycles. The van der Waals surface area contributed by atoms with Crippen molar-refractivity contribution in [1.82, 2.24) is 0 Å². The third-order valence-electron chi connectivity index (χ3n) is 3.56. The van der Waals surface area contributed by atoms with Gasteiger partial charge in [-0.15, -0.1) is 0 Å². The first-order valence-electron chi connectivity index (χ1n) is 6.60. The van der Waals surface area contributed by atoms with Crippen LogP contribution in [0.15, 0.2) is 46.9 Å². The van der Waals surface area contributed by atoms with Gasteiger partial charge in [-0.25, -0.2) is 0 Å². The molecule has 0 saturated heterocycles. The second-order valence-electron chi connectivity index (χ2n) is 5.14. The molecule has 1 aliphatic rings. The standard InChI is InChI=1S/C16H14BrCl2N/c17-12-5-8-15(14(19)9-12)20-16(10-1-2-10)11-3-6-13(18)7-4-11/h3-10,16,20H,1-2H2. The average molecular weight is 371 g/mol. The van der Waals surface area contributed by atoms with Gasteiger partial charge in [0.05, 0.1) is 16.8 Å². The van der Waals surface area contributed by atoms with Gasteiger partial charge in [-0.3, -0.25) is 0 Å². The third kappa shape index (κ3) is 3.30. The summed E-state index contributed by atoms with van der Waals surface area (Å²) in [5.41, 5.74) is 2.23. The summed E-state index contributed by atoms with van der Waals surface area (Å²) in [4.78, 5) is 0. The highest BCUT2D eigenvalue weighted by Gasteiger charge is 2.32. The molecule has 0 bridgehead atoms. The maximum Gasteiger partial charge on any atom is 0.0648 e. The van der Waals surface area contributed by atoms with Crippen LogP contribution in [-0.2, 0) is 0 Å². The Morgan fingerprint density at radius 1 is 1.05 bits per heavy atom. The van der Waals surface area contributed by atoms with Crippen LogP contribution in [0, 0.1) is 5.92 Å². The summed E-state index contributed by atoms with van der Waals surface area (Å²) in [5.74, 6) is 0.677. The van der Waals surface area contributed by atoms with Crippen molar-refractivity contribution >= 4 is 44.8 Å². The first-order chi connectivity index (χ1) is 9.63. The molecule has 3 rings (SSSR count). The minimum absolute atomic E-state index is 0.297. The fraction of sp³-hybridized carbons (Fsp3) is 0.250. The zero-order chi connectivity index (χ0) is 14.1. The molecule has 1 N–H and O–H groups in total. The zero-order valence-corrected chi connectivity index (χ0v) is 13.8. The van der Waals surface area contributed by atoms with E-state index in [0.717, 1.165) is 20.2 Å². The van der Waals surface area contributed by atoms with E-state index in [2.05, 4.69) is 33.4 Å². The Labute approximate surface area is 137 Å². The Morgan fingerprint density at radius 2 is 1.75 bits per heavy atom. The number of hydrogen-bond donors (Lipinski definition) is 1. The molecule has 1 atom stereocenters. The maximum absolute atomic E-state index is 6.30. The molecule has 2 aromatic carbocycles. The van der Waals surface area contributed by atoms with Crippen LogP contribution in [0.25, 0.3) is 0 Å². The van der Waals surface area contributed by atoms with Crippen LogP contribution < -0.4 is 5.32 Å². The molecule has 0 spiro atoms. The van der Waals surface area contributed by atoms with Crippen LogP contribution in [0.1, 0.15) is 24.4 Å². The van der Waals surface area contributed by atoms with E-state index in [9.17, 15) is 0 Å². The van der Waals surface area contributed by atoms with Gasteiger partial charge in [0.2, 0.25) is 0 Å². The van der Waals surface area contributed by atoms with Gasteiger partial charge < -0.3 is 5.32 Å². The molecule has 0 amide bonds. The minimum atomic E-state index is 0.297. The highest BCUT2D eigenvalue weighted by atomic mass is 79.9. The van der Waals surface area contributed by atoms with E-state index in [1.807, 2.05) is 30.3 Å². The van der Waals surface area contributed by atoms with E-state index >= 15 is 0 Å². The number of rotatable bonds is 4. The molecule has 0 radical (unpaired) electrons. The monoisotopic (exact) mass is 369 g/mol. The number of halogens is 3. The predicted molar refractivity (Wildman–Crippen MR) is 89.7 cm³/mol. The Morgan fingerprint density at radius 3 is 2.35 bits per heavy atom. The minimum Gasteiger partial charge on any atom is -0.377 e. The van der Waals surface area contributed by atoms with Crippen molar-refractivity contribution in [1.29, 1.82) is 0 Å². The third-order valence-corrected chi connectivity index (χ3v) is 4.62. The van der Waals surface area contributed by atoms with Gasteiger partial charge >= 0.3 is 0 Å². The summed E-state index contributed by atoms with van der Waals surface area (Å²) < 4.78 is 0.988. The van der Waals surface area contributed by atoms with E-state index in [4.69, 9.17) is 23.2 Å². The van der Waals surface area contributed by atoms with Gasteiger partial charge in [0.25, 0.3) is 0 Å². The molecule has 1 nitrogen and oxygen atoms in total. The lowest BCUT2D eigenvalue weighted by molar-refractivity contribution is 0.679. The summed E-state index contributed by atoms with van der Waals surface area (Å²) in [6.45, 7) is 0. The molecule has 1 fully saturated rings. The van der Waals surface area contributed by atoms with Crippen LogP contribution >= 0.6 is 39.1 Å². The zero-order valence-electron chi connectivity index (χ0n) is 10.7. The van der Waals surface area contributed by atoms with Crippen LogP contribution in [0.4, 0.5) is 5.69 Å². The van der Waals surface area contributed by atoms with Crippen molar-refractivity contribution in [2.45, 2.75) is 18.9 Å². The van der Waals surface area contributed by atoms with Crippen LogP contribution in [0.2, 0.25) is 10.0 Å². The average Bonchev–Trinajstić information content (AvgIpc) is 3.24. The lowest BCUT2D eigenvalue weighted by Crippen LogP contribution is -2.13. The van der Waals surface area contributed by atoms with Gasteiger partial charge in [-0.1, -0.05) is 51.3 Å². The Bertz CT molecular complexity index is 608. The van der Waals surface area contributed by atoms with Gasteiger partial charge in [0.1, 0.15) is 0 Å². The Hall–Kier alpha value is -0.700. The first kappa shape index (κ1) is 14.2. The second kappa shape index (κ2) is 5.97. The molecule has 4 heteroatoms. The number of benzene rings is 2. The molecule has 0 heterocycles. The lowest BCUT2D eigenvalue weighted by Gasteiger charge is -2.21. The smallest absolute Gasteiger partial charge is 0.0648 e. The van der Waals surface area contributed by atoms with E-state index in [1.165, 1.54) is 18.4 Å². The number of nitrogens with one attached hydrogen (secondary N) is 1. The highest BCUT2D eigenvalue weighted by molar-refractivity contribution is 9.10. The van der Waals surface area contributed by atoms with Crippen LogP contribution in [-0.4, -0.2) is 0 Å². The quantitative estimate of drug-likeness (QED) is 0.663. The molecular formula is C16H14BrCl2N. The van der Waals surface area contributed by atoms with E-state index in [0.29, 0.717) is 12.0 Å². The van der Waals surface area contributed by atoms with Gasteiger partial charge in [-0.2, -0.15) is 0 Å². The fourth-order valence-corrected chi connectivity index (χ4v) is 3.20. The van der Waals surface area contributed by atoms with E-state index in [-0.39, 0.29) is 0 Å². The second-order valence-corrected chi connectivity index (χ2v) is 6.89. The summed E-state index contributed by atoms with van der Waals surface area (Å²) in [5, 5.41) is 5.08. The molecule has 2 aromatic rings. The topological polar surface area (TPSA) is 12.0 Å². The van der Waals surface area contributed by atoms with E-state index in [1.54, 1.807) is 0 Å². The van der Waals surface area contributed by atoms with Crippen molar-refractivity contribution in [3.8, 4) is 0 Å². The SMILES string of the molecule is Clc1ccc(C(Nc2ccc(Br)cc2Cl)C2CC2)cc1. The molecule has 20 heavy (non-hydrogen) atoms. The summed E-state index contributed by atoms with van der Waals surface area (Å²) >= 11 is 15.7. The molecule has 104 valence electrons. The van der Waals surface area contributed by atoms with Crippen molar-refractivity contribution in [2.75, 3.05) is 5.32 Å². The molecule has 0 aromatic heterocycles. The van der Waals surface area contributed by atoms with Crippen molar-refractivity contribution < 1.29 is 0 Å². The van der Waals surface area contributed by atoms with Crippen molar-refractivity contribution in [3.05, 3.63) is 62.5 Å². The maximum atomic E-state index is 6.30. The number of hydrogen-bond acceptors (Lipinski definition) is 1. The highest BCUT2D eigenvalue weighted by Crippen LogP contribution is 2.44. The molecule has 1 aliphatic carbocycles. The molecule has 1 saturated carbocycles. The summed E-state index contributed by atoms with van der Waals surface area (Å²) in [6, 6.07) is 14.3. The first-order valence-corrected chi connectivity index (χ1v) is 8.15.